The lowest BCUT2D eigenvalue weighted by molar-refractivity contribution is -0.160. The molecule has 0 unspecified atom stereocenters. The summed E-state index contributed by atoms with van der Waals surface area (Å²) in [5.74, 6) is -1.56. The van der Waals surface area contributed by atoms with E-state index in [4.69, 9.17) is 10.5 Å². The van der Waals surface area contributed by atoms with Crippen LogP contribution in [0.15, 0.2) is 0 Å². The van der Waals surface area contributed by atoms with E-state index in [0.29, 0.717) is 18.6 Å². The number of hydrogen-bond acceptors (Lipinski definition) is 8. The second-order valence-corrected chi connectivity index (χ2v) is 12.4. The van der Waals surface area contributed by atoms with E-state index in [-0.39, 0.29) is 29.5 Å². The molecular formula is C20H37N3O6S2. The molecule has 180 valence electrons. The molecule has 1 aliphatic rings. The van der Waals surface area contributed by atoms with E-state index < -0.39 is 42.3 Å². The zero-order valence-corrected chi connectivity index (χ0v) is 20.6. The summed E-state index contributed by atoms with van der Waals surface area (Å²) in [5.41, 5.74) is 5.94. The van der Waals surface area contributed by atoms with Crippen LogP contribution >= 0.6 is 21.6 Å². The summed E-state index contributed by atoms with van der Waals surface area (Å²) in [7, 11) is 3.20. The Bertz CT molecular complexity index is 614. The van der Waals surface area contributed by atoms with Gasteiger partial charge >= 0.3 is 5.97 Å². The van der Waals surface area contributed by atoms with Gasteiger partial charge in [-0.1, -0.05) is 56.2 Å². The summed E-state index contributed by atoms with van der Waals surface area (Å²) in [5, 5.41) is 24.7. The Morgan fingerprint density at radius 2 is 1.87 bits per heavy atom. The van der Waals surface area contributed by atoms with Gasteiger partial charge in [0.15, 0.2) is 6.10 Å². The Hall–Kier alpha value is -1.01. The molecule has 1 rings (SSSR count). The topological polar surface area (TPSA) is 151 Å². The highest BCUT2D eigenvalue weighted by Gasteiger charge is 2.37. The maximum Gasteiger partial charge on any atom is 0.326 e. The van der Waals surface area contributed by atoms with Crippen LogP contribution in [0.25, 0.3) is 0 Å². The molecule has 9 nitrogen and oxygen atoms in total. The Kier molecular flexibility index (Phi) is 11.6. The third-order valence-electron chi connectivity index (χ3n) is 4.45. The van der Waals surface area contributed by atoms with Crippen LogP contribution in [0.4, 0.5) is 0 Å². The highest BCUT2D eigenvalue weighted by molar-refractivity contribution is 8.77. The summed E-state index contributed by atoms with van der Waals surface area (Å²) in [6, 6.07) is -1.72. The van der Waals surface area contributed by atoms with Gasteiger partial charge in [-0.15, -0.1) is 0 Å². The number of aliphatic hydroxyl groups excluding tert-OH is 1. The van der Waals surface area contributed by atoms with Gasteiger partial charge in [0.2, 0.25) is 5.91 Å². The lowest BCUT2D eigenvalue weighted by atomic mass is 9.99. The molecule has 1 fully saturated rings. The number of rotatable bonds is 11. The van der Waals surface area contributed by atoms with Gasteiger partial charge in [0, 0.05) is 17.0 Å². The molecule has 1 aliphatic heterocycles. The first-order valence-electron chi connectivity index (χ1n) is 10.5. The molecule has 6 N–H and O–H groups in total. The smallest absolute Gasteiger partial charge is 0.326 e. The number of hydrogen-bond donors (Lipinski definition) is 5. The summed E-state index contributed by atoms with van der Waals surface area (Å²) >= 11 is 0. The minimum Gasteiger partial charge on any atom is -0.480 e. The zero-order chi connectivity index (χ0) is 23.8. The predicted molar refractivity (Wildman–Crippen MR) is 124 cm³/mol. The number of nitrogens with one attached hydrogen (secondary N) is 2. The fraction of sp³-hybridized carbons (Fsp3) is 0.850. The standard InChI is InChI=1S/C20H37N3O6S2/c1-11(2)8-14(19(27)28)23-18(26)16-15(24)7-6-12(29-16)9-22-17(25)13(21)10-30-31-20(3,4)5/h11-16,24H,6-10,21H2,1-5H3,(H,22,25)(H,23,26)(H,27,28)/t12-,13+,14-,15+,16+/m1/s1. The van der Waals surface area contributed by atoms with Gasteiger partial charge in [0.25, 0.3) is 5.91 Å². The number of carbonyl (C=O) groups excluding carboxylic acids is 2. The summed E-state index contributed by atoms with van der Waals surface area (Å²) < 4.78 is 5.75. The van der Waals surface area contributed by atoms with Crippen LogP contribution < -0.4 is 16.4 Å². The molecule has 0 aromatic heterocycles. The molecule has 31 heavy (non-hydrogen) atoms. The van der Waals surface area contributed by atoms with Crippen molar-refractivity contribution in [2.24, 2.45) is 11.7 Å². The Morgan fingerprint density at radius 1 is 1.23 bits per heavy atom. The van der Waals surface area contributed by atoms with Crippen molar-refractivity contribution in [1.29, 1.82) is 0 Å². The third kappa shape index (κ3) is 10.9. The molecule has 0 saturated carbocycles. The second-order valence-electron chi connectivity index (χ2n) is 9.18. The quantitative estimate of drug-likeness (QED) is 0.275. The van der Waals surface area contributed by atoms with Crippen molar-refractivity contribution in [3.05, 3.63) is 0 Å². The fourth-order valence-electron chi connectivity index (χ4n) is 2.91. The number of carboxylic acid groups (broad SMARTS) is 1. The van der Waals surface area contributed by atoms with Crippen molar-refractivity contribution in [3.8, 4) is 0 Å². The van der Waals surface area contributed by atoms with Crippen molar-refractivity contribution in [1.82, 2.24) is 10.6 Å². The highest BCUT2D eigenvalue weighted by atomic mass is 33.1. The average molecular weight is 480 g/mol. The Balaban J connectivity index is 2.53. The van der Waals surface area contributed by atoms with Crippen LogP contribution in [0.1, 0.15) is 53.9 Å². The number of ether oxygens (including phenoxy) is 1. The fourth-order valence-corrected chi connectivity index (χ4v) is 5.34. The van der Waals surface area contributed by atoms with Gasteiger partial charge < -0.3 is 31.3 Å². The molecule has 0 aliphatic carbocycles. The van der Waals surface area contributed by atoms with Crippen LogP contribution in [0.5, 0.6) is 0 Å². The van der Waals surface area contributed by atoms with Gasteiger partial charge in [-0.3, -0.25) is 9.59 Å². The summed E-state index contributed by atoms with van der Waals surface area (Å²) in [6.07, 6.45) is -1.65. The normalized spacial score (nSPS) is 23.8. The van der Waals surface area contributed by atoms with Gasteiger partial charge in [0.1, 0.15) is 6.04 Å². The van der Waals surface area contributed by atoms with Crippen molar-refractivity contribution >= 4 is 39.4 Å². The first-order chi connectivity index (χ1) is 14.3. The SMILES string of the molecule is CC(C)C[C@@H](NC(=O)[C@H]1O[C@@H](CNC(=O)[C@@H](N)CSSC(C)(C)C)CC[C@@H]1O)C(=O)O. The van der Waals surface area contributed by atoms with Gasteiger partial charge in [-0.05, 0) is 25.2 Å². The first-order valence-corrected chi connectivity index (χ1v) is 12.8. The van der Waals surface area contributed by atoms with Crippen LogP contribution in [0.2, 0.25) is 0 Å². The van der Waals surface area contributed by atoms with Crippen LogP contribution in [-0.2, 0) is 19.1 Å². The molecule has 0 bridgehead atoms. The summed E-state index contributed by atoms with van der Waals surface area (Å²) in [6.45, 7) is 10.1. The third-order valence-corrected chi connectivity index (χ3v) is 7.83. The second kappa shape index (κ2) is 12.9. The summed E-state index contributed by atoms with van der Waals surface area (Å²) in [4.78, 5) is 36.1. The number of amides is 2. The van der Waals surface area contributed by atoms with Crippen LogP contribution in [0.3, 0.4) is 0 Å². The maximum absolute atomic E-state index is 12.5. The minimum absolute atomic E-state index is 0.0715. The zero-order valence-electron chi connectivity index (χ0n) is 18.9. The maximum atomic E-state index is 12.5. The first kappa shape index (κ1) is 28.0. The van der Waals surface area contributed by atoms with Gasteiger partial charge in [-0.2, -0.15) is 0 Å². The number of carboxylic acids is 1. The minimum atomic E-state index is -1.18. The Labute approximate surface area is 192 Å². The van der Waals surface area contributed by atoms with Crippen molar-refractivity contribution in [3.63, 3.8) is 0 Å². The predicted octanol–water partition coefficient (Wildman–Crippen LogP) is 1.13. The van der Waals surface area contributed by atoms with E-state index >= 15 is 0 Å². The molecule has 1 saturated heterocycles. The monoisotopic (exact) mass is 479 g/mol. The van der Waals surface area contributed by atoms with E-state index in [1.807, 2.05) is 13.8 Å². The van der Waals surface area contributed by atoms with Crippen molar-refractivity contribution < 1.29 is 29.3 Å². The van der Waals surface area contributed by atoms with E-state index in [1.54, 1.807) is 21.6 Å². The van der Waals surface area contributed by atoms with E-state index in [0.717, 1.165) is 0 Å². The van der Waals surface area contributed by atoms with Gasteiger partial charge in [0.05, 0.1) is 18.2 Å². The van der Waals surface area contributed by atoms with E-state index in [1.165, 1.54) is 0 Å². The molecule has 0 aromatic rings. The molecule has 11 heteroatoms. The number of aliphatic carboxylic acids is 1. The molecular weight excluding hydrogens is 442 g/mol. The largest absolute Gasteiger partial charge is 0.480 e. The number of aliphatic hydroxyl groups is 1. The number of carbonyl (C=O) groups is 3. The molecule has 2 amide bonds. The average Bonchev–Trinajstić information content (AvgIpc) is 2.64. The van der Waals surface area contributed by atoms with E-state index in [2.05, 4.69) is 31.4 Å². The molecule has 5 atom stereocenters. The van der Waals surface area contributed by atoms with Crippen molar-refractivity contribution in [2.45, 2.75) is 89.0 Å². The van der Waals surface area contributed by atoms with Crippen molar-refractivity contribution in [2.75, 3.05) is 12.3 Å². The molecule has 0 aromatic carbocycles. The lowest BCUT2D eigenvalue weighted by Crippen LogP contribution is -2.55. The van der Waals surface area contributed by atoms with E-state index in [9.17, 15) is 24.6 Å². The highest BCUT2D eigenvalue weighted by Crippen LogP contribution is 2.35. The van der Waals surface area contributed by atoms with Crippen LogP contribution in [-0.4, -0.2) is 75.4 Å². The number of nitrogens with two attached hydrogens (primary N) is 1. The molecule has 0 spiro atoms. The van der Waals surface area contributed by atoms with Crippen LogP contribution in [0, 0.1) is 5.92 Å². The Morgan fingerprint density at radius 3 is 2.42 bits per heavy atom. The van der Waals surface area contributed by atoms with Gasteiger partial charge in [-0.25, -0.2) is 4.79 Å². The lowest BCUT2D eigenvalue weighted by Gasteiger charge is -2.34. The molecule has 1 heterocycles. The molecule has 0 radical (unpaired) electrons.